The highest BCUT2D eigenvalue weighted by atomic mass is 32.2. The summed E-state index contributed by atoms with van der Waals surface area (Å²) in [6.07, 6.45) is 2.24. The van der Waals surface area contributed by atoms with Gasteiger partial charge < -0.3 is 10.6 Å². The highest BCUT2D eigenvalue weighted by Gasteiger charge is 2.20. The molecule has 0 saturated heterocycles. The van der Waals surface area contributed by atoms with Crippen LogP contribution in [0.3, 0.4) is 0 Å². The Hall–Kier alpha value is -1.60. The highest BCUT2D eigenvalue weighted by Crippen LogP contribution is 2.19. The van der Waals surface area contributed by atoms with Gasteiger partial charge in [-0.25, -0.2) is 17.7 Å². The molecule has 0 saturated carbocycles. The molecule has 0 fully saturated rings. The second-order valence-corrected chi connectivity index (χ2v) is 8.67. The van der Waals surface area contributed by atoms with Gasteiger partial charge in [-0.15, -0.1) is 0 Å². The van der Waals surface area contributed by atoms with Crippen molar-refractivity contribution in [2.75, 3.05) is 27.2 Å². The largest absolute Gasteiger partial charge is 0.357 e. The molecule has 7 heteroatoms. The van der Waals surface area contributed by atoms with Gasteiger partial charge in [0.15, 0.2) is 5.96 Å². The van der Waals surface area contributed by atoms with Crippen molar-refractivity contribution >= 4 is 16.0 Å². The van der Waals surface area contributed by atoms with E-state index in [1.54, 1.807) is 12.1 Å². The predicted molar refractivity (Wildman–Crippen MR) is 104 cm³/mol. The van der Waals surface area contributed by atoms with E-state index in [4.69, 9.17) is 0 Å². The Labute approximate surface area is 152 Å². The zero-order valence-electron chi connectivity index (χ0n) is 16.0. The van der Waals surface area contributed by atoms with Gasteiger partial charge in [0.25, 0.3) is 0 Å². The average Bonchev–Trinajstić information content (AvgIpc) is 2.56. The highest BCUT2D eigenvalue weighted by molar-refractivity contribution is 7.89. The molecule has 1 aromatic rings. The summed E-state index contributed by atoms with van der Waals surface area (Å²) < 4.78 is 26.1. The van der Waals surface area contributed by atoms with Gasteiger partial charge in [-0.2, -0.15) is 0 Å². The molecule has 1 aromatic carbocycles. The van der Waals surface area contributed by atoms with Crippen LogP contribution in [-0.2, 0) is 16.6 Å². The summed E-state index contributed by atoms with van der Waals surface area (Å²) >= 11 is 0. The Morgan fingerprint density at radius 2 is 1.88 bits per heavy atom. The molecule has 2 N–H and O–H groups in total. The number of nitrogens with one attached hydrogen (secondary N) is 2. The second-order valence-electron chi connectivity index (χ2n) is 6.55. The fraction of sp³-hybridized carbons (Fsp3) is 0.611. The van der Waals surface area contributed by atoms with E-state index in [0.717, 1.165) is 25.9 Å². The molecule has 142 valence electrons. The van der Waals surface area contributed by atoms with Gasteiger partial charge >= 0.3 is 0 Å². The van der Waals surface area contributed by atoms with E-state index in [2.05, 4.69) is 29.5 Å². The van der Waals surface area contributed by atoms with E-state index in [0.29, 0.717) is 28.9 Å². The minimum absolute atomic E-state index is 0.305. The fourth-order valence-electron chi connectivity index (χ4n) is 2.31. The van der Waals surface area contributed by atoms with Gasteiger partial charge in [-0.05, 0) is 37.3 Å². The molecule has 0 atom stereocenters. The van der Waals surface area contributed by atoms with E-state index in [1.807, 2.05) is 19.1 Å². The first kappa shape index (κ1) is 21.4. The molecule has 0 aromatic heterocycles. The number of benzene rings is 1. The van der Waals surface area contributed by atoms with Crippen molar-refractivity contribution in [1.29, 1.82) is 0 Å². The summed E-state index contributed by atoms with van der Waals surface area (Å²) in [7, 11) is -0.400. The molecule has 0 bridgehead atoms. The van der Waals surface area contributed by atoms with Gasteiger partial charge in [-0.1, -0.05) is 32.0 Å². The van der Waals surface area contributed by atoms with Crippen molar-refractivity contribution in [3.05, 3.63) is 29.8 Å². The molecule has 0 heterocycles. The van der Waals surface area contributed by atoms with Crippen molar-refractivity contribution in [3.8, 4) is 0 Å². The quantitative estimate of drug-likeness (QED) is 0.399. The van der Waals surface area contributed by atoms with Gasteiger partial charge in [0.05, 0.1) is 11.4 Å². The number of hydrogen-bond donors (Lipinski definition) is 2. The Bertz CT molecular complexity index is 655. The number of sulfonamides is 1. The van der Waals surface area contributed by atoms with Crippen molar-refractivity contribution in [2.45, 2.75) is 45.1 Å². The first-order chi connectivity index (χ1) is 11.8. The van der Waals surface area contributed by atoms with Crippen LogP contribution in [0.5, 0.6) is 0 Å². The molecular weight excluding hydrogens is 336 g/mol. The van der Waals surface area contributed by atoms with Crippen LogP contribution in [0.4, 0.5) is 0 Å². The van der Waals surface area contributed by atoms with E-state index < -0.39 is 10.0 Å². The van der Waals surface area contributed by atoms with Crippen molar-refractivity contribution in [3.63, 3.8) is 0 Å². The normalized spacial score (nSPS) is 12.7. The number of aliphatic imine (C=N–C) groups is 1. The lowest BCUT2D eigenvalue weighted by Gasteiger charge is -2.15. The van der Waals surface area contributed by atoms with Crippen molar-refractivity contribution in [2.24, 2.45) is 10.9 Å². The molecule has 0 aliphatic carbocycles. The van der Waals surface area contributed by atoms with Crippen LogP contribution in [0, 0.1) is 5.92 Å². The topological polar surface area (TPSA) is 73.8 Å². The van der Waals surface area contributed by atoms with Crippen molar-refractivity contribution in [1.82, 2.24) is 14.9 Å². The standard InChI is InChI=1S/C18H32N4O2S/c1-6-19-18(20-13-9-10-15(2)3)21-14-16-11-7-8-12-17(16)25(23,24)22(4)5/h7-8,11-12,15H,6,9-10,13-14H2,1-5H3,(H2,19,20,21). The predicted octanol–water partition coefficient (Wildman–Crippen LogP) is 2.43. The molecule has 0 unspecified atom stereocenters. The number of rotatable bonds is 9. The van der Waals surface area contributed by atoms with E-state index in [-0.39, 0.29) is 0 Å². The van der Waals surface area contributed by atoms with Crippen LogP contribution >= 0.6 is 0 Å². The molecular formula is C18H32N4O2S. The number of guanidine groups is 1. The molecule has 0 aliphatic rings. The third-order valence-electron chi connectivity index (χ3n) is 3.73. The molecule has 0 radical (unpaired) electrons. The molecule has 0 aliphatic heterocycles. The Morgan fingerprint density at radius 3 is 2.48 bits per heavy atom. The minimum atomic E-state index is -3.47. The Balaban J connectivity index is 2.86. The van der Waals surface area contributed by atoms with Gasteiger partial charge in [0.1, 0.15) is 0 Å². The Morgan fingerprint density at radius 1 is 1.20 bits per heavy atom. The SMILES string of the molecule is CCNC(=NCc1ccccc1S(=O)(=O)N(C)C)NCCCC(C)C. The maximum atomic E-state index is 12.4. The fourth-order valence-corrected chi connectivity index (χ4v) is 3.41. The van der Waals surface area contributed by atoms with Crippen LogP contribution < -0.4 is 10.6 Å². The zero-order valence-corrected chi connectivity index (χ0v) is 16.9. The molecule has 0 amide bonds. The summed E-state index contributed by atoms with van der Waals surface area (Å²) in [4.78, 5) is 4.85. The maximum Gasteiger partial charge on any atom is 0.242 e. The van der Waals surface area contributed by atoms with Gasteiger partial charge in [0, 0.05) is 27.2 Å². The lowest BCUT2D eigenvalue weighted by Crippen LogP contribution is -2.37. The first-order valence-electron chi connectivity index (χ1n) is 8.81. The van der Waals surface area contributed by atoms with Crippen LogP contribution in [0.15, 0.2) is 34.2 Å². The molecule has 25 heavy (non-hydrogen) atoms. The smallest absolute Gasteiger partial charge is 0.242 e. The van der Waals surface area contributed by atoms with E-state index in [1.165, 1.54) is 18.4 Å². The van der Waals surface area contributed by atoms with Crippen LogP contribution in [0.1, 0.15) is 39.2 Å². The van der Waals surface area contributed by atoms with E-state index in [9.17, 15) is 8.42 Å². The molecule has 6 nitrogen and oxygen atoms in total. The summed E-state index contributed by atoms with van der Waals surface area (Å²) in [5.41, 5.74) is 0.690. The summed E-state index contributed by atoms with van der Waals surface area (Å²) in [5.74, 6) is 1.40. The van der Waals surface area contributed by atoms with Gasteiger partial charge in [0.2, 0.25) is 10.0 Å². The van der Waals surface area contributed by atoms with Gasteiger partial charge in [-0.3, -0.25) is 0 Å². The molecule has 0 spiro atoms. The van der Waals surface area contributed by atoms with Crippen LogP contribution in [-0.4, -0.2) is 45.9 Å². The third kappa shape index (κ3) is 7.04. The lowest BCUT2D eigenvalue weighted by atomic mass is 10.1. The third-order valence-corrected chi connectivity index (χ3v) is 5.65. The second kappa shape index (κ2) is 10.4. The zero-order chi connectivity index (χ0) is 18.9. The Kier molecular flexibility index (Phi) is 8.92. The van der Waals surface area contributed by atoms with Crippen LogP contribution in [0.25, 0.3) is 0 Å². The number of nitrogens with zero attached hydrogens (tertiary/aromatic N) is 2. The summed E-state index contributed by atoms with van der Waals surface area (Å²) in [6, 6.07) is 7.01. The summed E-state index contributed by atoms with van der Waals surface area (Å²) in [6.45, 7) is 8.34. The number of hydrogen-bond acceptors (Lipinski definition) is 3. The maximum absolute atomic E-state index is 12.4. The average molecular weight is 369 g/mol. The molecule has 1 rings (SSSR count). The summed E-state index contributed by atoms with van der Waals surface area (Å²) in [5, 5.41) is 6.51. The monoisotopic (exact) mass is 368 g/mol. The minimum Gasteiger partial charge on any atom is -0.357 e. The van der Waals surface area contributed by atoms with Crippen LogP contribution in [0.2, 0.25) is 0 Å². The first-order valence-corrected chi connectivity index (χ1v) is 10.3. The van der Waals surface area contributed by atoms with E-state index >= 15 is 0 Å². The lowest BCUT2D eigenvalue weighted by molar-refractivity contribution is 0.519. The van der Waals surface area contributed by atoms with Crippen molar-refractivity contribution < 1.29 is 8.42 Å².